The molecule has 0 bridgehead atoms. The number of fused-ring (bicyclic) bond motifs is 3. The van der Waals surface area contributed by atoms with Crippen molar-refractivity contribution in [2.24, 2.45) is 5.92 Å². The highest BCUT2D eigenvalue weighted by Crippen LogP contribution is 2.41. The molecule has 0 saturated heterocycles. The molecule has 0 unspecified atom stereocenters. The highest BCUT2D eigenvalue weighted by Gasteiger charge is 2.20. The van der Waals surface area contributed by atoms with Gasteiger partial charge < -0.3 is 0 Å². The SMILES string of the molecule is Cc1sc2cc(-c3cc(-c4cc(C(C)(C)C)c5ccccc5c4)nc4c(C)csc34)ccc2c1CC(C)C. The van der Waals surface area contributed by atoms with Crippen LogP contribution >= 0.6 is 22.7 Å². The van der Waals surface area contributed by atoms with Crippen LogP contribution in [0.2, 0.25) is 0 Å². The molecule has 3 aromatic heterocycles. The third kappa shape index (κ3) is 4.36. The first-order chi connectivity index (χ1) is 18.1. The van der Waals surface area contributed by atoms with Gasteiger partial charge in [0.25, 0.3) is 0 Å². The van der Waals surface area contributed by atoms with Gasteiger partial charge in [-0.15, -0.1) is 22.7 Å². The van der Waals surface area contributed by atoms with E-state index in [1.54, 1.807) is 0 Å². The maximum Gasteiger partial charge on any atom is 0.0852 e. The average molecular weight is 534 g/mol. The number of benzene rings is 3. The summed E-state index contributed by atoms with van der Waals surface area (Å²) >= 11 is 3.75. The van der Waals surface area contributed by atoms with Crippen molar-refractivity contribution < 1.29 is 0 Å². The molecular weight excluding hydrogens is 499 g/mol. The van der Waals surface area contributed by atoms with Gasteiger partial charge in [-0.05, 0) is 99.7 Å². The quantitative estimate of drug-likeness (QED) is 0.220. The van der Waals surface area contributed by atoms with Gasteiger partial charge in [0.15, 0.2) is 0 Å². The molecule has 1 nitrogen and oxygen atoms in total. The van der Waals surface area contributed by atoms with Crippen LogP contribution in [0.15, 0.2) is 66.0 Å². The number of aromatic nitrogens is 1. The summed E-state index contributed by atoms with van der Waals surface area (Å²) < 4.78 is 2.66. The molecule has 0 aliphatic carbocycles. The summed E-state index contributed by atoms with van der Waals surface area (Å²) in [7, 11) is 0. The number of hydrogen-bond acceptors (Lipinski definition) is 3. The first-order valence-electron chi connectivity index (χ1n) is 13.5. The van der Waals surface area contributed by atoms with E-state index >= 15 is 0 Å². The van der Waals surface area contributed by atoms with E-state index in [1.165, 1.54) is 63.8 Å². The zero-order valence-corrected chi connectivity index (χ0v) is 25.0. The van der Waals surface area contributed by atoms with E-state index in [1.807, 2.05) is 22.7 Å². The molecule has 0 aliphatic rings. The maximum absolute atomic E-state index is 5.25. The molecule has 0 fully saturated rings. The summed E-state index contributed by atoms with van der Waals surface area (Å²) in [5.41, 5.74) is 10.1. The van der Waals surface area contributed by atoms with Crippen molar-refractivity contribution in [1.29, 1.82) is 0 Å². The van der Waals surface area contributed by atoms with Gasteiger partial charge in [0, 0.05) is 20.7 Å². The van der Waals surface area contributed by atoms with Crippen LogP contribution in [0.4, 0.5) is 0 Å². The van der Waals surface area contributed by atoms with Gasteiger partial charge in [0.2, 0.25) is 0 Å². The Kier molecular flexibility index (Phi) is 6.20. The van der Waals surface area contributed by atoms with Crippen molar-refractivity contribution in [1.82, 2.24) is 4.98 Å². The van der Waals surface area contributed by atoms with Crippen LogP contribution in [-0.2, 0) is 11.8 Å². The highest BCUT2D eigenvalue weighted by atomic mass is 32.1. The van der Waals surface area contributed by atoms with Gasteiger partial charge in [0.1, 0.15) is 0 Å². The number of rotatable bonds is 4. The summed E-state index contributed by atoms with van der Waals surface area (Å²) in [5.74, 6) is 0.655. The van der Waals surface area contributed by atoms with Crippen molar-refractivity contribution >= 4 is 53.7 Å². The molecule has 6 rings (SSSR count). The Morgan fingerprint density at radius 1 is 0.868 bits per heavy atom. The number of nitrogens with zero attached hydrogens (tertiary/aromatic N) is 1. The fourth-order valence-corrected chi connectivity index (χ4v) is 7.83. The summed E-state index contributed by atoms with van der Waals surface area (Å²) in [5, 5.41) is 6.27. The van der Waals surface area contributed by atoms with Gasteiger partial charge in [-0.3, -0.25) is 0 Å². The van der Waals surface area contributed by atoms with Crippen LogP contribution in [-0.4, -0.2) is 4.98 Å². The van der Waals surface area contributed by atoms with Crippen LogP contribution in [0.5, 0.6) is 0 Å². The Hall–Kier alpha value is -3.01. The van der Waals surface area contributed by atoms with Crippen LogP contribution in [0.3, 0.4) is 0 Å². The van der Waals surface area contributed by atoms with Crippen molar-refractivity contribution in [3.05, 3.63) is 87.6 Å². The molecule has 192 valence electrons. The first-order valence-corrected chi connectivity index (χ1v) is 15.2. The molecule has 0 aliphatic heterocycles. The van der Waals surface area contributed by atoms with Gasteiger partial charge in [-0.1, -0.05) is 71.0 Å². The van der Waals surface area contributed by atoms with E-state index in [9.17, 15) is 0 Å². The Morgan fingerprint density at radius 2 is 1.66 bits per heavy atom. The smallest absolute Gasteiger partial charge is 0.0852 e. The van der Waals surface area contributed by atoms with Crippen molar-refractivity contribution in [2.75, 3.05) is 0 Å². The van der Waals surface area contributed by atoms with E-state index in [0.717, 1.165) is 17.6 Å². The Bertz CT molecular complexity index is 1820. The lowest BCUT2D eigenvalue weighted by atomic mass is 9.82. The lowest BCUT2D eigenvalue weighted by molar-refractivity contribution is 0.596. The van der Waals surface area contributed by atoms with E-state index in [2.05, 4.69) is 115 Å². The third-order valence-electron chi connectivity index (χ3n) is 7.58. The zero-order chi connectivity index (χ0) is 26.8. The molecule has 0 atom stereocenters. The lowest BCUT2D eigenvalue weighted by Gasteiger charge is -2.23. The number of aryl methyl sites for hydroxylation is 2. The predicted molar refractivity (Wildman–Crippen MR) is 170 cm³/mol. The number of pyridine rings is 1. The second-order valence-corrected chi connectivity index (χ2v) is 14.2. The standard InChI is InChI=1S/C35H35NS2/c1-20(2)14-28-22(4)38-32-17-24(12-13-27(28)32)29-18-31(36-33-21(3)19-37-34(29)33)25-15-23-10-8-9-11-26(23)30(16-25)35(5,6)7/h8-13,15-20H,14H2,1-7H3. The van der Waals surface area contributed by atoms with E-state index in [0.29, 0.717) is 5.92 Å². The predicted octanol–water partition coefficient (Wildman–Crippen LogP) is 11.1. The Morgan fingerprint density at radius 3 is 2.42 bits per heavy atom. The number of thiophene rings is 2. The number of hydrogen-bond donors (Lipinski definition) is 0. The van der Waals surface area contributed by atoms with Crippen LogP contribution < -0.4 is 0 Å². The Labute approximate surface area is 234 Å². The molecule has 6 aromatic rings. The van der Waals surface area contributed by atoms with Gasteiger partial charge >= 0.3 is 0 Å². The molecule has 3 heterocycles. The monoisotopic (exact) mass is 533 g/mol. The minimum Gasteiger partial charge on any atom is -0.247 e. The van der Waals surface area contributed by atoms with Crippen molar-refractivity contribution in [3.8, 4) is 22.4 Å². The van der Waals surface area contributed by atoms with Crippen LogP contribution in [0.1, 0.15) is 56.2 Å². The van der Waals surface area contributed by atoms with E-state index < -0.39 is 0 Å². The fraction of sp³-hybridized carbons (Fsp3) is 0.286. The van der Waals surface area contributed by atoms with Gasteiger partial charge in [0.05, 0.1) is 15.9 Å². The topological polar surface area (TPSA) is 12.9 Å². The minimum atomic E-state index is 0.0383. The zero-order valence-electron chi connectivity index (χ0n) is 23.4. The molecule has 0 N–H and O–H groups in total. The highest BCUT2D eigenvalue weighted by molar-refractivity contribution is 7.19. The molecule has 0 saturated carbocycles. The summed E-state index contributed by atoms with van der Waals surface area (Å²) in [6.45, 7) is 16.0. The Balaban J connectivity index is 1.58. The van der Waals surface area contributed by atoms with E-state index in [4.69, 9.17) is 4.98 Å². The normalized spacial score (nSPS) is 12.4. The minimum absolute atomic E-state index is 0.0383. The summed E-state index contributed by atoms with van der Waals surface area (Å²) in [4.78, 5) is 6.70. The molecule has 0 radical (unpaired) electrons. The maximum atomic E-state index is 5.25. The fourth-order valence-electron chi connectivity index (χ4n) is 5.67. The molecule has 38 heavy (non-hydrogen) atoms. The lowest BCUT2D eigenvalue weighted by Crippen LogP contribution is -2.12. The van der Waals surface area contributed by atoms with Gasteiger partial charge in [-0.25, -0.2) is 4.98 Å². The molecule has 0 amide bonds. The second kappa shape index (κ2) is 9.32. The van der Waals surface area contributed by atoms with Crippen molar-refractivity contribution in [3.63, 3.8) is 0 Å². The average Bonchev–Trinajstić information content (AvgIpc) is 3.40. The van der Waals surface area contributed by atoms with Gasteiger partial charge in [-0.2, -0.15) is 0 Å². The molecule has 3 heteroatoms. The van der Waals surface area contributed by atoms with Crippen molar-refractivity contribution in [2.45, 2.75) is 60.3 Å². The van der Waals surface area contributed by atoms with Crippen LogP contribution in [0.25, 0.3) is 53.5 Å². The summed E-state index contributed by atoms with van der Waals surface area (Å²) in [6, 6.07) is 22.8. The van der Waals surface area contributed by atoms with Crippen LogP contribution in [0, 0.1) is 19.8 Å². The second-order valence-electron chi connectivity index (χ2n) is 12.1. The molecule has 3 aromatic carbocycles. The molecule has 0 spiro atoms. The summed E-state index contributed by atoms with van der Waals surface area (Å²) in [6.07, 6.45) is 1.14. The third-order valence-corrected chi connectivity index (χ3v) is 9.81. The first kappa shape index (κ1) is 25.3. The van der Waals surface area contributed by atoms with E-state index in [-0.39, 0.29) is 5.41 Å². The molecular formula is C35H35NS2. The largest absolute Gasteiger partial charge is 0.247 e.